The Morgan fingerprint density at radius 2 is 1.87 bits per heavy atom. The number of carbonyl (C=O) groups excluding carboxylic acids is 1. The second kappa shape index (κ2) is 9.68. The van der Waals surface area contributed by atoms with Crippen LogP contribution < -0.4 is 11.5 Å². The number of imidazole rings is 1. The van der Waals surface area contributed by atoms with Gasteiger partial charge in [-0.25, -0.2) is 24.5 Å². The summed E-state index contributed by atoms with van der Waals surface area (Å²) in [5.74, 6) is -3.25. The molecule has 3 aromatic rings. The van der Waals surface area contributed by atoms with Crippen molar-refractivity contribution < 1.29 is 44.3 Å². The first kappa shape index (κ1) is 26.4. The van der Waals surface area contributed by atoms with Gasteiger partial charge in [0.1, 0.15) is 17.7 Å². The van der Waals surface area contributed by atoms with Crippen LogP contribution in [0.25, 0.3) is 11.2 Å². The van der Waals surface area contributed by atoms with E-state index in [1.165, 1.54) is 12.1 Å². The molecule has 1 aromatic carbocycles. The topological polar surface area (TPSA) is 246 Å². The molecule has 1 amide bonds. The summed E-state index contributed by atoms with van der Waals surface area (Å²) in [5.41, 5.74) is 6.08. The third kappa shape index (κ3) is 4.27. The van der Waals surface area contributed by atoms with E-state index in [1.807, 2.05) is 5.92 Å². The van der Waals surface area contributed by atoms with Crippen LogP contribution in [0.5, 0.6) is 0 Å². The second-order valence-electron chi connectivity index (χ2n) is 8.46. The van der Waals surface area contributed by atoms with Gasteiger partial charge < -0.3 is 41.4 Å². The summed E-state index contributed by atoms with van der Waals surface area (Å²) >= 11 is 0. The highest BCUT2D eigenvalue weighted by Crippen LogP contribution is 2.39. The minimum absolute atomic E-state index is 0.0216. The quantitative estimate of drug-likeness (QED) is 0.135. The Hall–Kier alpha value is -4.62. The van der Waals surface area contributed by atoms with Gasteiger partial charge in [-0.3, -0.25) is 9.36 Å². The number of fused-ring (bicyclic) bond motifs is 1. The number of hydrogen-bond donors (Lipinski definition) is 6. The number of aliphatic hydroxyl groups excluding tert-OH is 1. The molecule has 0 bridgehead atoms. The van der Waals surface area contributed by atoms with E-state index in [1.54, 1.807) is 18.2 Å². The number of terminal acetylenes is 1. The lowest BCUT2D eigenvalue weighted by molar-refractivity contribution is -0.191. The van der Waals surface area contributed by atoms with E-state index in [9.17, 15) is 34.8 Å². The van der Waals surface area contributed by atoms with E-state index in [-0.39, 0.29) is 17.0 Å². The summed E-state index contributed by atoms with van der Waals surface area (Å²) in [6.45, 7) is -0.851. The molecular weight excluding hydrogens is 504 g/mol. The molecule has 2 aromatic heterocycles. The summed E-state index contributed by atoms with van der Waals surface area (Å²) < 4.78 is 12.2. The number of nitrogens with zero attached hydrogens (tertiary/aromatic N) is 4. The molecule has 1 saturated heterocycles. The summed E-state index contributed by atoms with van der Waals surface area (Å²) in [6.07, 6.45) is 1.07. The summed E-state index contributed by atoms with van der Waals surface area (Å²) in [4.78, 5) is 47.6. The molecule has 4 atom stereocenters. The molecule has 4 rings (SSSR count). The number of nitrogens with two attached hydrogens (primary N) is 2. The van der Waals surface area contributed by atoms with Gasteiger partial charge in [-0.1, -0.05) is 36.3 Å². The van der Waals surface area contributed by atoms with Gasteiger partial charge in [0.05, 0.1) is 12.9 Å². The van der Waals surface area contributed by atoms with Gasteiger partial charge >= 0.3 is 11.9 Å². The van der Waals surface area contributed by atoms with E-state index in [4.69, 9.17) is 27.4 Å². The number of anilines is 1. The molecule has 0 saturated carbocycles. The van der Waals surface area contributed by atoms with Crippen LogP contribution in [0.2, 0.25) is 0 Å². The van der Waals surface area contributed by atoms with Gasteiger partial charge in [-0.2, -0.15) is 0 Å². The number of aliphatic hydroxyl groups is 2. The van der Waals surface area contributed by atoms with Gasteiger partial charge in [-0.15, -0.1) is 6.42 Å². The van der Waals surface area contributed by atoms with Crippen molar-refractivity contribution in [2.45, 2.75) is 36.1 Å². The number of amides is 1. The Morgan fingerprint density at radius 1 is 1.21 bits per heavy atom. The highest BCUT2D eigenvalue weighted by atomic mass is 16.6. The smallest absolute Gasteiger partial charge is 0.348 e. The standard InChI is InChI=1S/C23H22N6O9/c1-2-22(36)12(9-37-23(20(32)33,21(34)35)8-11-6-4-3-5-7-11)38-19(14(22)30)29-10-26-13-15(24)27-17(16(25)31)28-18(13)29/h1,3-7,10,12,14,19,30,36H,8-9H2,(H2,25,31)(H,32,33)(H,34,35)(H2,24,27,28)/t12-,14+,19-,22-/m1/s1. The Bertz CT molecular complexity index is 1440. The van der Waals surface area contributed by atoms with E-state index in [2.05, 4.69) is 15.0 Å². The fraction of sp³-hybridized carbons (Fsp3) is 0.304. The van der Waals surface area contributed by atoms with E-state index in [0.29, 0.717) is 5.56 Å². The van der Waals surface area contributed by atoms with Crippen LogP contribution in [0.4, 0.5) is 5.82 Å². The van der Waals surface area contributed by atoms with Crippen molar-refractivity contribution in [3.63, 3.8) is 0 Å². The first-order chi connectivity index (χ1) is 17.9. The molecule has 8 N–H and O–H groups in total. The molecule has 1 aliphatic heterocycles. The number of aromatic nitrogens is 4. The lowest BCUT2D eigenvalue weighted by atomic mass is 9.92. The van der Waals surface area contributed by atoms with E-state index < -0.39 is 66.3 Å². The molecule has 0 aliphatic carbocycles. The number of ether oxygens (including phenoxy) is 2. The first-order valence-electron chi connectivity index (χ1n) is 10.9. The Balaban J connectivity index is 1.67. The van der Waals surface area contributed by atoms with Gasteiger partial charge in [0.15, 0.2) is 23.3 Å². The maximum Gasteiger partial charge on any atom is 0.348 e. The van der Waals surface area contributed by atoms with Crippen molar-refractivity contribution in [2.24, 2.45) is 5.73 Å². The molecule has 15 nitrogen and oxygen atoms in total. The number of primary amides is 1. The highest BCUT2D eigenvalue weighted by molar-refractivity contribution is 6.02. The van der Waals surface area contributed by atoms with Crippen molar-refractivity contribution in [2.75, 3.05) is 12.3 Å². The van der Waals surface area contributed by atoms with Crippen molar-refractivity contribution in [3.8, 4) is 12.3 Å². The third-order valence-electron chi connectivity index (χ3n) is 6.16. The van der Waals surface area contributed by atoms with Crippen LogP contribution in [-0.4, -0.2) is 87.8 Å². The van der Waals surface area contributed by atoms with Gasteiger partial charge in [0.25, 0.3) is 11.5 Å². The third-order valence-corrected chi connectivity index (χ3v) is 6.16. The van der Waals surface area contributed by atoms with Crippen molar-refractivity contribution >= 4 is 34.8 Å². The molecule has 0 radical (unpaired) electrons. The van der Waals surface area contributed by atoms with E-state index in [0.717, 1.165) is 10.9 Å². The lowest BCUT2D eigenvalue weighted by Gasteiger charge is -2.30. The fourth-order valence-corrected chi connectivity index (χ4v) is 4.07. The number of hydrogen-bond acceptors (Lipinski definition) is 11. The van der Waals surface area contributed by atoms with Crippen molar-refractivity contribution in [3.05, 3.63) is 48.0 Å². The maximum atomic E-state index is 12.1. The van der Waals surface area contributed by atoms with Gasteiger partial charge in [-0.05, 0) is 5.56 Å². The predicted molar refractivity (Wildman–Crippen MR) is 126 cm³/mol. The minimum Gasteiger partial charge on any atom is -0.479 e. The number of carboxylic acids is 2. The average molecular weight is 526 g/mol. The number of aliphatic carboxylic acids is 2. The van der Waals surface area contributed by atoms with Crippen LogP contribution >= 0.6 is 0 Å². The predicted octanol–water partition coefficient (Wildman–Crippen LogP) is -1.70. The van der Waals surface area contributed by atoms with Crippen LogP contribution in [0, 0.1) is 12.3 Å². The maximum absolute atomic E-state index is 12.1. The summed E-state index contributed by atoms with van der Waals surface area (Å²) in [7, 11) is 0. The van der Waals surface area contributed by atoms with Crippen LogP contribution in [0.3, 0.4) is 0 Å². The van der Waals surface area contributed by atoms with Gasteiger partial charge in [0, 0.05) is 6.42 Å². The molecule has 15 heteroatoms. The molecule has 3 heterocycles. The van der Waals surface area contributed by atoms with E-state index >= 15 is 0 Å². The van der Waals surface area contributed by atoms with Crippen LogP contribution in [0.1, 0.15) is 22.4 Å². The highest BCUT2D eigenvalue weighted by Gasteiger charge is 2.57. The molecule has 198 valence electrons. The Kier molecular flexibility index (Phi) is 6.74. The lowest BCUT2D eigenvalue weighted by Crippen LogP contribution is -2.55. The molecule has 38 heavy (non-hydrogen) atoms. The minimum atomic E-state index is -2.77. The first-order valence-corrected chi connectivity index (χ1v) is 10.9. The zero-order valence-electron chi connectivity index (χ0n) is 19.5. The molecule has 1 aliphatic rings. The second-order valence-corrected chi connectivity index (χ2v) is 8.46. The van der Waals surface area contributed by atoms with Gasteiger partial charge in [0.2, 0.25) is 5.82 Å². The van der Waals surface area contributed by atoms with Crippen LogP contribution in [0.15, 0.2) is 36.7 Å². The summed E-state index contributed by atoms with van der Waals surface area (Å²) in [6, 6.07) is 7.89. The average Bonchev–Trinajstić information content (AvgIpc) is 3.41. The molecule has 1 fully saturated rings. The number of benzene rings is 1. The molecule has 0 unspecified atom stereocenters. The molecular formula is C23H22N6O9. The number of rotatable bonds is 9. The Labute approximate surface area is 213 Å². The van der Waals surface area contributed by atoms with Crippen LogP contribution in [-0.2, 0) is 25.5 Å². The van der Waals surface area contributed by atoms with Crippen molar-refractivity contribution in [1.29, 1.82) is 0 Å². The van der Waals surface area contributed by atoms with Crippen molar-refractivity contribution in [1.82, 2.24) is 19.5 Å². The number of carboxylic acid groups (broad SMARTS) is 2. The largest absolute Gasteiger partial charge is 0.479 e. The zero-order chi connectivity index (χ0) is 27.8. The Morgan fingerprint density at radius 3 is 2.45 bits per heavy atom. The summed E-state index contributed by atoms with van der Waals surface area (Å²) in [5, 5.41) is 41.6. The monoisotopic (exact) mass is 526 g/mol. The normalized spacial score (nSPS) is 23.2. The fourth-order valence-electron chi connectivity index (χ4n) is 4.07. The SMILES string of the molecule is C#C[C@@]1(O)[C@@H](COC(Cc2ccccc2)(C(=O)O)C(=O)O)O[C@@H](n2cnc3c(N)nc(C(N)=O)nc32)[C@@H]1O. The number of carbonyl (C=O) groups is 3. The number of nitrogen functional groups attached to an aromatic ring is 1. The zero-order valence-corrected chi connectivity index (χ0v) is 19.5. The molecule has 0 spiro atoms.